The molecular formula is C12H17NO3. The Morgan fingerprint density at radius 1 is 1.38 bits per heavy atom. The van der Waals surface area contributed by atoms with Gasteiger partial charge in [0.1, 0.15) is 6.61 Å². The van der Waals surface area contributed by atoms with E-state index in [0.717, 1.165) is 11.3 Å². The molecule has 4 nitrogen and oxygen atoms in total. The SMILES string of the molecule is COCCOCC(=O)Nc1cccc(C)c1. The van der Waals surface area contributed by atoms with Gasteiger partial charge in [0.15, 0.2) is 0 Å². The quantitative estimate of drug-likeness (QED) is 0.745. The molecule has 1 aromatic carbocycles. The summed E-state index contributed by atoms with van der Waals surface area (Å²) in [5.74, 6) is -0.151. The van der Waals surface area contributed by atoms with E-state index >= 15 is 0 Å². The highest BCUT2D eigenvalue weighted by Crippen LogP contribution is 2.08. The van der Waals surface area contributed by atoms with Crippen molar-refractivity contribution in [3.05, 3.63) is 29.8 Å². The van der Waals surface area contributed by atoms with Crippen molar-refractivity contribution in [3.8, 4) is 0 Å². The van der Waals surface area contributed by atoms with Gasteiger partial charge in [-0.1, -0.05) is 12.1 Å². The van der Waals surface area contributed by atoms with Gasteiger partial charge in [0.25, 0.3) is 0 Å². The van der Waals surface area contributed by atoms with E-state index in [0.29, 0.717) is 13.2 Å². The predicted octanol–water partition coefficient (Wildman–Crippen LogP) is 1.60. The van der Waals surface area contributed by atoms with Crippen LogP contribution in [0.4, 0.5) is 5.69 Å². The molecule has 0 aliphatic rings. The van der Waals surface area contributed by atoms with Gasteiger partial charge >= 0.3 is 0 Å². The summed E-state index contributed by atoms with van der Waals surface area (Å²) < 4.78 is 9.90. The van der Waals surface area contributed by atoms with Crippen LogP contribution in [0.15, 0.2) is 24.3 Å². The zero-order valence-electron chi connectivity index (χ0n) is 9.66. The van der Waals surface area contributed by atoms with Crippen molar-refractivity contribution in [3.63, 3.8) is 0 Å². The van der Waals surface area contributed by atoms with Crippen molar-refractivity contribution >= 4 is 11.6 Å². The number of aryl methyl sites for hydroxylation is 1. The van der Waals surface area contributed by atoms with E-state index in [-0.39, 0.29) is 12.5 Å². The normalized spacial score (nSPS) is 10.1. The summed E-state index contributed by atoms with van der Waals surface area (Å²) in [5.41, 5.74) is 1.90. The number of methoxy groups -OCH3 is 1. The molecule has 0 fully saturated rings. The minimum Gasteiger partial charge on any atom is -0.382 e. The van der Waals surface area contributed by atoms with Crippen LogP contribution in [0.25, 0.3) is 0 Å². The first-order valence-corrected chi connectivity index (χ1v) is 5.15. The lowest BCUT2D eigenvalue weighted by Gasteiger charge is -2.06. The molecule has 0 saturated heterocycles. The molecule has 1 amide bonds. The minimum atomic E-state index is -0.151. The summed E-state index contributed by atoms with van der Waals surface area (Å²) in [6.07, 6.45) is 0. The van der Waals surface area contributed by atoms with Gasteiger partial charge in [-0.05, 0) is 24.6 Å². The molecule has 16 heavy (non-hydrogen) atoms. The van der Waals surface area contributed by atoms with Crippen molar-refractivity contribution in [2.45, 2.75) is 6.92 Å². The Hall–Kier alpha value is -1.39. The molecule has 88 valence electrons. The molecule has 1 N–H and O–H groups in total. The second-order valence-electron chi connectivity index (χ2n) is 3.46. The van der Waals surface area contributed by atoms with Crippen LogP contribution in [0, 0.1) is 6.92 Å². The minimum absolute atomic E-state index is 0.0529. The van der Waals surface area contributed by atoms with Gasteiger partial charge in [-0.15, -0.1) is 0 Å². The number of amides is 1. The van der Waals surface area contributed by atoms with Crippen LogP contribution in [-0.2, 0) is 14.3 Å². The molecule has 0 aliphatic heterocycles. The molecule has 0 atom stereocenters. The van der Waals surface area contributed by atoms with Crippen molar-refractivity contribution in [2.24, 2.45) is 0 Å². The Balaban J connectivity index is 2.29. The maximum absolute atomic E-state index is 11.4. The topological polar surface area (TPSA) is 47.6 Å². The first-order valence-electron chi connectivity index (χ1n) is 5.15. The highest BCUT2D eigenvalue weighted by atomic mass is 16.5. The summed E-state index contributed by atoms with van der Waals surface area (Å²) >= 11 is 0. The van der Waals surface area contributed by atoms with Gasteiger partial charge in [0.2, 0.25) is 5.91 Å². The number of ether oxygens (including phenoxy) is 2. The molecule has 1 rings (SSSR count). The summed E-state index contributed by atoms with van der Waals surface area (Å²) in [5, 5.41) is 2.75. The predicted molar refractivity (Wildman–Crippen MR) is 62.5 cm³/mol. The Morgan fingerprint density at radius 2 is 2.19 bits per heavy atom. The van der Waals surface area contributed by atoms with E-state index in [1.165, 1.54) is 0 Å². The van der Waals surface area contributed by atoms with E-state index in [4.69, 9.17) is 9.47 Å². The van der Waals surface area contributed by atoms with Crippen molar-refractivity contribution in [1.82, 2.24) is 0 Å². The first kappa shape index (κ1) is 12.7. The largest absolute Gasteiger partial charge is 0.382 e. The van der Waals surface area contributed by atoms with Gasteiger partial charge in [-0.2, -0.15) is 0 Å². The number of carbonyl (C=O) groups excluding carboxylic acids is 1. The average molecular weight is 223 g/mol. The molecule has 0 heterocycles. The third-order valence-corrected chi connectivity index (χ3v) is 1.97. The fourth-order valence-corrected chi connectivity index (χ4v) is 1.23. The molecular weight excluding hydrogens is 206 g/mol. The lowest BCUT2D eigenvalue weighted by atomic mass is 10.2. The van der Waals surface area contributed by atoms with E-state index < -0.39 is 0 Å². The molecule has 0 aromatic heterocycles. The van der Waals surface area contributed by atoms with E-state index in [1.807, 2.05) is 31.2 Å². The molecule has 0 saturated carbocycles. The van der Waals surface area contributed by atoms with Crippen LogP contribution < -0.4 is 5.32 Å². The maximum atomic E-state index is 11.4. The molecule has 4 heteroatoms. The number of hydrogen-bond acceptors (Lipinski definition) is 3. The zero-order valence-corrected chi connectivity index (χ0v) is 9.66. The summed E-state index contributed by atoms with van der Waals surface area (Å²) in [6.45, 7) is 2.96. The summed E-state index contributed by atoms with van der Waals surface area (Å²) in [6, 6.07) is 7.63. The Kier molecular flexibility index (Phi) is 5.53. The number of carbonyl (C=O) groups is 1. The van der Waals surface area contributed by atoms with Crippen LogP contribution in [0.1, 0.15) is 5.56 Å². The summed E-state index contributed by atoms with van der Waals surface area (Å²) in [7, 11) is 1.59. The highest BCUT2D eigenvalue weighted by molar-refractivity contribution is 5.91. The van der Waals surface area contributed by atoms with Gasteiger partial charge in [-0.3, -0.25) is 4.79 Å². The molecule has 0 spiro atoms. The Bertz CT molecular complexity index is 339. The standard InChI is InChI=1S/C12H17NO3/c1-10-4-3-5-11(8-10)13-12(14)9-16-7-6-15-2/h3-5,8H,6-7,9H2,1-2H3,(H,13,14). The second-order valence-corrected chi connectivity index (χ2v) is 3.46. The maximum Gasteiger partial charge on any atom is 0.250 e. The van der Waals surface area contributed by atoms with Crippen LogP contribution in [0.2, 0.25) is 0 Å². The second kappa shape index (κ2) is 6.98. The molecule has 0 unspecified atom stereocenters. The van der Waals surface area contributed by atoms with Crippen LogP contribution in [-0.4, -0.2) is 32.8 Å². The number of benzene rings is 1. The van der Waals surface area contributed by atoms with E-state index in [1.54, 1.807) is 7.11 Å². The van der Waals surface area contributed by atoms with Gasteiger partial charge < -0.3 is 14.8 Å². The number of nitrogens with one attached hydrogen (secondary N) is 1. The fourth-order valence-electron chi connectivity index (χ4n) is 1.23. The van der Waals surface area contributed by atoms with Crippen molar-refractivity contribution < 1.29 is 14.3 Å². The Labute approximate surface area is 95.6 Å². The van der Waals surface area contributed by atoms with Gasteiger partial charge in [0, 0.05) is 12.8 Å². The van der Waals surface area contributed by atoms with Crippen LogP contribution in [0.3, 0.4) is 0 Å². The molecule has 1 aromatic rings. The number of rotatable bonds is 6. The fraction of sp³-hybridized carbons (Fsp3) is 0.417. The molecule has 0 radical (unpaired) electrons. The van der Waals surface area contributed by atoms with Crippen LogP contribution >= 0.6 is 0 Å². The summed E-state index contributed by atoms with van der Waals surface area (Å²) in [4.78, 5) is 11.4. The van der Waals surface area contributed by atoms with Gasteiger partial charge in [0.05, 0.1) is 13.2 Å². The van der Waals surface area contributed by atoms with Crippen molar-refractivity contribution in [2.75, 3.05) is 32.2 Å². The Morgan fingerprint density at radius 3 is 2.88 bits per heavy atom. The van der Waals surface area contributed by atoms with Gasteiger partial charge in [-0.25, -0.2) is 0 Å². The molecule has 0 bridgehead atoms. The lowest BCUT2D eigenvalue weighted by Crippen LogP contribution is -2.19. The monoisotopic (exact) mass is 223 g/mol. The van der Waals surface area contributed by atoms with Crippen molar-refractivity contribution in [1.29, 1.82) is 0 Å². The van der Waals surface area contributed by atoms with E-state index in [9.17, 15) is 4.79 Å². The average Bonchev–Trinajstić information content (AvgIpc) is 2.24. The first-order chi connectivity index (χ1) is 7.72. The third kappa shape index (κ3) is 4.91. The lowest BCUT2D eigenvalue weighted by molar-refractivity contribution is -0.121. The van der Waals surface area contributed by atoms with Crippen LogP contribution in [0.5, 0.6) is 0 Å². The number of hydrogen-bond donors (Lipinski definition) is 1. The third-order valence-electron chi connectivity index (χ3n) is 1.97. The molecule has 0 aliphatic carbocycles. The smallest absolute Gasteiger partial charge is 0.250 e. The highest BCUT2D eigenvalue weighted by Gasteiger charge is 2.01. The zero-order chi connectivity index (χ0) is 11.8. The van der Waals surface area contributed by atoms with E-state index in [2.05, 4.69) is 5.32 Å². The number of anilines is 1.